The molecule has 1 fully saturated rings. The lowest BCUT2D eigenvalue weighted by molar-refractivity contribution is -0.222. The summed E-state index contributed by atoms with van der Waals surface area (Å²) in [6, 6.07) is 1.39. The van der Waals surface area contributed by atoms with Crippen molar-refractivity contribution in [3.8, 4) is 0 Å². The van der Waals surface area contributed by atoms with Crippen molar-refractivity contribution >= 4 is 25.5 Å². The number of methoxy groups -OCH3 is 1. The van der Waals surface area contributed by atoms with Crippen LogP contribution in [0.1, 0.15) is 39.3 Å². The van der Waals surface area contributed by atoms with Crippen LogP contribution in [0.5, 0.6) is 0 Å². The van der Waals surface area contributed by atoms with Crippen molar-refractivity contribution in [1.82, 2.24) is 9.55 Å². The summed E-state index contributed by atoms with van der Waals surface area (Å²) in [5.74, 6) is -0.998. The van der Waals surface area contributed by atoms with E-state index in [2.05, 4.69) is 19.6 Å². The fourth-order valence-electron chi connectivity index (χ4n) is 2.42. The molecule has 0 aliphatic carbocycles. The third kappa shape index (κ3) is 7.49. The first-order chi connectivity index (χ1) is 12.7. The number of nitrogens with one attached hydrogen (secondary N) is 1. The van der Waals surface area contributed by atoms with Gasteiger partial charge in [-0.15, -0.1) is 0 Å². The molecule has 1 saturated heterocycles. The minimum Gasteiger partial charge on any atom is -0.756 e. The zero-order valence-corrected chi connectivity index (χ0v) is 15.3. The molecule has 1 unspecified atom stereocenters. The molecule has 12 nitrogen and oxygen atoms in total. The first-order valence-electron chi connectivity index (χ1n) is 7.97. The van der Waals surface area contributed by atoms with Gasteiger partial charge < -0.3 is 29.1 Å². The van der Waals surface area contributed by atoms with Crippen LogP contribution in [-0.2, 0) is 28.2 Å². The zero-order chi connectivity index (χ0) is 20.0. The molecule has 2 heterocycles. The van der Waals surface area contributed by atoms with Gasteiger partial charge in [0, 0.05) is 12.6 Å². The summed E-state index contributed by atoms with van der Waals surface area (Å²) in [7, 11) is -3.62. The maximum atomic E-state index is 12.1. The number of nitrogens with zero attached hydrogens (tertiary/aromatic N) is 2. The third-order valence-corrected chi connectivity index (χ3v) is 4.18. The fraction of sp³-hybridized carbons (Fsp3) is 0.600. The van der Waals surface area contributed by atoms with Crippen LogP contribution in [0.3, 0.4) is 0 Å². The smallest absolute Gasteiger partial charge is 0.351 e. The lowest BCUT2D eigenvalue weighted by atomic mass is 10.2. The molecule has 1 aromatic heterocycles. The van der Waals surface area contributed by atoms with E-state index in [1.54, 1.807) is 0 Å². The van der Waals surface area contributed by atoms with Crippen LogP contribution in [0.15, 0.2) is 17.1 Å². The molecular formula is C15H23N3O9P-. The summed E-state index contributed by atoms with van der Waals surface area (Å²) < 4.78 is 26.0. The average molecular weight is 420 g/mol. The van der Waals surface area contributed by atoms with Gasteiger partial charge in [-0.3, -0.25) is 18.7 Å². The van der Waals surface area contributed by atoms with E-state index in [-0.39, 0.29) is 32.7 Å². The predicted molar refractivity (Wildman–Crippen MR) is 94.0 cm³/mol. The highest BCUT2D eigenvalue weighted by Gasteiger charge is 2.28. The molecule has 1 aliphatic rings. The van der Waals surface area contributed by atoms with Gasteiger partial charge >= 0.3 is 11.7 Å². The molecule has 158 valence electrons. The van der Waals surface area contributed by atoms with Crippen LogP contribution >= 0.6 is 7.82 Å². The molecule has 3 atom stereocenters. The molecule has 1 amide bonds. The fourth-order valence-corrected chi connectivity index (χ4v) is 2.77. The molecule has 0 saturated carbocycles. The lowest BCUT2D eigenvalue weighted by Crippen LogP contribution is -2.28. The van der Waals surface area contributed by atoms with E-state index in [0.29, 0.717) is 12.8 Å². The van der Waals surface area contributed by atoms with Crippen LogP contribution < -0.4 is 15.9 Å². The van der Waals surface area contributed by atoms with Crippen LogP contribution in [0.25, 0.3) is 0 Å². The van der Waals surface area contributed by atoms with Gasteiger partial charge in [-0.1, -0.05) is 7.43 Å². The molecule has 0 bridgehead atoms. The molecule has 1 aliphatic heterocycles. The summed E-state index contributed by atoms with van der Waals surface area (Å²) in [4.78, 5) is 57.7. The van der Waals surface area contributed by atoms with E-state index in [0.717, 1.165) is 0 Å². The number of phosphoric ester groups is 1. The van der Waals surface area contributed by atoms with Gasteiger partial charge in [-0.25, -0.2) is 4.79 Å². The number of anilines is 1. The highest BCUT2D eigenvalue weighted by atomic mass is 31.2. The summed E-state index contributed by atoms with van der Waals surface area (Å²) in [6.45, 7) is -0.357. The Hall–Kier alpha value is -2.11. The van der Waals surface area contributed by atoms with E-state index in [1.165, 1.54) is 23.9 Å². The van der Waals surface area contributed by atoms with E-state index in [9.17, 15) is 23.8 Å². The van der Waals surface area contributed by atoms with Crippen molar-refractivity contribution in [3.63, 3.8) is 0 Å². The van der Waals surface area contributed by atoms with E-state index in [4.69, 9.17) is 9.63 Å². The van der Waals surface area contributed by atoms with Crippen molar-refractivity contribution in [1.29, 1.82) is 0 Å². The van der Waals surface area contributed by atoms with E-state index in [1.807, 2.05) is 0 Å². The minimum atomic E-state index is -4.83. The van der Waals surface area contributed by atoms with Gasteiger partial charge in [0.15, 0.2) is 0 Å². The van der Waals surface area contributed by atoms with Gasteiger partial charge in [-0.2, -0.15) is 4.98 Å². The van der Waals surface area contributed by atoms with Crippen molar-refractivity contribution < 1.29 is 37.9 Å². The van der Waals surface area contributed by atoms with Gasteiger partial charge in [-0.05, 0) is 18.9 Å². The largest absolute Gasteiger partial charge is 0.756 e. The average Bonchev–Trinajstić information content (AvgIpc) is 3.06. The van der Waals surface area contributed by atoms with Crippen LogP contribution in [0.4, 0.5) is 5.82 Å². The summed E-state index contributed by atoms with van der Waals surface area (Å²) in [5.41, 5.74) is -0.677. The van der Waals surface area contributed by atoms with Crippen LogP contribution in [-0.4, -0.2) is 46.1 Å². The zero-order valence-electron chi connectivity index (χ0n) is 14.4. The monoisotopic (exact) mass is 420 g/mol. The Morgan fingerprint density at radius 2 is 2.18 bits per heavy atom. The molecule has 0 aromatic carbocycles. The van der Waals surface area contributed by atoms with Gasteiger partial charge in [0.1, 0.15) is 12.0 Å². The molecule has 0 spiro atoms. The van der Waals surface area contributed by atoms with Gasteiger partial charge in [0.2, 0.25) is 5.91 Å². The lowest BCUT2D eigenvalue weighted by Gasteiger charge is -2.19. The number of hydrogen-bond acceptors (Lipinski definition) is 9. The maximum absolute atomic E-state index is 12.1. The molecule has 2 N–H and O–H groups in total. The number of hydrogen-bond donors (Lipinski definition) is 2. The number of esters is 1. The van der Waals surface area contributed by atoms with Crippen molar-refractivity contribution in [2.75, 3.05) is 19.0 Å². The second-order valence-electron chi connectivity index (χ2n) is 5.68. The van der Waals surface area contributed by atoms with Crippen molar-refractivity contribution in [3.05, 3.63) is 22.7 Å². The molecule has 0 radical (unpaired) electrons. The topological polar surface area (TPSA) is 169 Å². The molecular weight excluding hydrogens is 397 g/mol. The number of ether oxygens (including phenoxy) is 2. The summed E-state index contributed by atoms with van der Waals surface area (Å²) >= 11 is 0. The Kier molecular flexibility index (Phi) is 8.92. The van der Waals surface area contributed by atoms with Crippen molar-refractivity contribution in [2.45, 2.75) is 45.4 Å². The Morgan fingerprint density at radius 1 is 1.46 bits per heavy atom. The van der Waals surface area contributed by atoms with E-state index < -0.39 is 37.7 Å². The number of rotatable bonds is 8. The number of amides is 1. The highest BCUT2D eigenvalue weighted by molar-refractivity contribution is 7.44. The first-order valence-corrected chi connectivity index (χ1v) is 9.47. The number of aromatic nitrogens is 2. The Bertz CT molecular complexity index is 791. The predicted octanol–water partition coefficient (Wildman–Crippen LogP) is -0.0740. The van der Waals surface area contributed by atoms with Crippen LogP contribution in [0, 0.1) is 0 Å². The number of carbonyl (C=O) groups excluding carboxylic acids is 2. The number of carbonyl (C=O) groups is 2. The molecule has 1 aromatic rings. The minimum absolute atomic E-state index is 0. The highest BCUT2D eigenvalue weighted by Crippen LogP contribution is 2.34. The Labute approximate surface area is 161 Å². The van der Waals surface area contributed by atoms with Gasteiger partial charge in [0.05, 0.1) is 26.2 Å². The van der Waals surface area contributed by atoms with Crippen molar-refractivity contribution in [2.24, 2.45) is 0 Å². The SMILES string of the molecule is C.COC(=O)CCC(=O)Nc1ccn([C@H]2CC[C@@H](COP(=O)([O-])O)O2)c(=O)n1. The molecule has 2 rings (SSSR count). The second kappa shape index (κ2) is 10.4. The normalized spacial score (nSPS) is 20.7. The standard InChI is InChI=1S/C14H20N3O9P.CH4/c1-24-13(19)5-3-11(18)15-10-6-7-17(14(20)16-10)12-4-2-9(26-12)8-25-27(21,22)23;/h6-7,9,12H,2-5,8H2,1H3,(H2,21,22,23)(H,15,16,18,20);1H4/p-1/t9-,12+;/m0./s1. The second-order valence-corrected chi connectivity index (χ2v) is 6.88. The quantitative estimate of drug-likeness (QED) is 0.428. The summed E-state index contributed by atoms with van der Waals surface area (Å²) in [5, 5.41) is 2.40. The first kappa shape index (κ1) is 23.9. The molecule has 13 heteroatoms. The Balaban J connectivity index is 0.00000392. The Morgan fingerprint density at radius 3 is 2.79 bits per heavy atom. The third-order valence-electron chi connectivity index (χ3n) is 3.70. The summed E-state index contributed by atoms with van der Waals surface area (Å²) in [6.07, 6.45) is 0.728. The molecule has 28 heavy (non-hydrogen) atoms. The maximum Gasteiger partial charge on any atom is 0.351 e. The number of phosphoric acid groups is 1. The van der Waals surface area contributed by atoms with Gasteiger partial charge in [0.25, 0.3) is 7.82 Å². The van der Waals surface area contributed by atoms with E-state index >= 15 is 0 Å². The van der Waals surface area contributed by atoms with Crippen LogP contribution in [0.2, 0.25) is 0 Å².